The number of hydrogen-bond acceptors (Lipinski definition) is 7. The maximum absolute atomic E-state index is 14.2. The quantitative estimate of drug-likeness (QED) is 0.295. The van der Waals surface area contributed by atoms with E-state index in [2.05, 4.69) is 64.4 Å². The van der Waals surface area contributed by atoms with Crippen molar-refractivity contribution in [1.82, 2.24) is 24.5 Å². The van der Waals surface area contributed by atoms with Crippen LogP contribution < -0.4 is 10.2 Å². The number of benzene rings is 3. The summed E-state index contributed by atoms with van der Waals surface area (Å²) in [6, 6.07) is 21.6. The molecule has 0 atom stereocenters. The second kappa shape index (κ2) is 10.2. The molecule has 1 aliphatic rings. The SMILES string of the molecule is CC(C)(Cc1cccc2ccccc12)Nc1nc(N2CCOCC2)nc(-n2c(C(F)F)nc3ccccc32)n1. The number of imidazole rings is 1. The van der Waals surface area contributed by atoms with E-state index < -0.39 is 17.8 Å². The van der Waals surface area contributed by atoms with Gasteiger partial charge in [-0.05, 0) is 48.7 Å². The predicted octanol–water partition coefficient (Wildman–Crippen LogP) is 5.57. The molecule has 0 spiro atoms. The number of hydrogen-bond donors (Lipinski definition) is 1. The first-order chi connectivity index (χ1) is 18.9. The Bertz CT molecular complexity index is 1620. The molecule has 0 radical (unpaired) electrons. The van der Waals surface area contributed by atoms with Crippen LogP contribution in [0.4, 0.5) is 20.7 Å². The summed E-state index contributed by atoms with van der Waals surface area (Å²) in [4.78, 5) is 20.2. The summed E-state index contributed by atoms with van der Waals surface area (Å²) < 4.78 is 35.1. The molecule has 1 saturated heterocycles. The van der Waals surface area contributed by atoms with Gasteiger partial charge in [-0.2, -0.15) is 15.0 Å². The molecule has 1 fully saturated rings. The van der Waals surface area contributed by atoms with E-state index in [1.165, 1.54) is 20.9 Å². The standard InChI is InChI=1S/C29H29F2N7O/c1-29(2,18-20-10-7-9-19-8-3-4-11-21(19)20)36-26-33-27(37-14-16-39-17-15-37)35-28(34-26)38-23-13-6-5-12-22(23)32-25(38)24(30)31/h3-13,24H,14-18H2,1-2H3,(H,33,34,35,36). The van der Waals surface area contributed by atoms with Gasteiger partial charge >= 0.3 is 0 Å². The molecule has 3 aromatic carbocycles. The minimum atomic E-state index is -2.81. The van der Waals surface area contributed by atoms with Gasteiger partial charge in [-0.3, -0.25) is 4.57 Å². The topological polar surface area (TPSA) is 81.0 Å². The molecular formula is C29H29F2N7O. The van der Waals surface area contributed by atoms with Gasteiger partial charge < -0.3 is 15.0 Å². The Morgan fingerprint density at radius 3 is 2.41 bits per heavy atom. The van der Waals surface area contributed by atoms with Crippen molar-refractivity contribution in [2.24, 2.45) is 0 Å². The summed E-state index contributed by atoms with van der Waals surface area (Å²) in [5.41, 5.74) is 1.68. The third kappa shape index (κ3) is 5.12. The second-order valence-electron chi connectivity index (χ2n) is 10.3. The monoisotopic (exact) mass is 529 g/mol. The lowest BCUT2D eigenvalue weighted by Crippen LogP contribution is -2.38. The highest BCUT2D eigenvalue weighted by atomic mass is 19.3. The molecule has 200 valence electrons. The Kier molecular flexibility index (Phi) is 6.56. The molecule has 2 aromatic heterocycles. The number of morpholine rings is 1. The number of halogens is 2. The number of fused-ring (bicyclic) bond motifs is 2. The molecule has 1 N–H and O–H groups in total. The molecule has 39 heavy (non-hydrogen) atoms. The van der Waals surface area contributed by atoms with Crippen molar-refractivity contribution in [2.45, 2.75) is 32.2 Å². The van der Waals surface area contributed by atoms with Crippen molar-refractivity contribution in [3.63, 3.8) is 0 Å². The fraction of sp³-hybridized carbons (Fsp3) is 0.310. The lowest BCUT2D eigenvalue weighted by molar-refractivity contribution is 0.122. The number of aromatic nitrogens is 5. The summed E-state index contributed by atoms with van der Waals surface area (Å²) in [6.45, 7) is 6.40. The molecular weight excluding hydrogens is 500 g/mol. The van der Waals surface area contributed by atoms with Crippen LogP contribution in [0.5, 0.6) is 0 Å². The molecule has 3 heterocycles. The van der Waals surface area contributed by atoms with Gasteiger partial charge in [0.2, 0.25) is 17.8 Å². The number of para-hydroxylation sites is 2. The maximum Gasteiger partial charge on any atom is 0.296 e. The zero-order valence-electron chi connectivity index (χ0n) is 21.8. The lowest BCUT2D eigenvalue weighted by atomic mass is 9.91. The van der Waals surface area contributed by atoms with Gasteiger partial charge in [-0.25, -0.2) is 13.8 Å². The van der Waals surface area contributed by atoms with Gasteiger partial charge in [0.25, 0.3) is 6.43 Å². The largest absolute Gasteiger partial charge is 0.378 e. The normalized spacial score (nSPS) is 14.4. The van der Waals surface area contributed by atoms with Crippen LogP contribution >= 0.6 is 0 Å². The van der Waals surface area contributed by atoms with Gasteiger partial charge in [0.1, 0.15) is 0 Å². The van der Waals surface area contributed by atoms with Crippen molar-refractivity contribution < 1.29 is 13.5 Å². The third-order valence-corrected chi connectivity index (χ3v) is 6.85. The zero-order valence-corrected chi connectivity index (χ0v) is 21.8. The van der Waals surface area contributed by atoms with Crippen LogP contribution in [0.1, 0.15) is 31.7 Å². The summed E-state index contributed by atoms with van der Waals surface area (Å²) in [5.74, 6) is 0.407. The molecule has 0 aliphatic carbocycles. The lowest BCUT2D eigenvalue weighted by Gasteiger charge is -2.30. The number of anilines is 2. The summed E-state index contributed by atoms with van der Waals surface area (Å²) in [7, 11) is 0. The van der Waals surface area contributed by atoms with Crippen molar-refractivity contribution in [2.75, 3.05) is 36.5 Å². The van der Waals surface area contributed by atoms with E-state index in [1.54, 1.807) is 24.3 Å². The Balaban J connectivity index is 1.42. The minimum absolute atomic E-state index is 0.0963. The van der Waals surface area contributed by atoms with Crippen LogP contribution in [-0.4, -0.2) is 56.3 Å². The molecule has 0 saturated carbocycles. The van der Waals surface area contributed by atoms with Crippen LogP contribution in [0, 0.1) is 0 Å². The van der Waals surface area contributed by atoms with Gasteiger partial charge in [0.05, 0.1) is 24.2 Å². The van der Waals surface area contributed by atoms with E-state index in [0.717, 1.165) is 0 Å². The molecule has 0 amide bonds. The second-order valence-corrected chi connectivity index (χ2v) is 10.3. The van der Waals surface area contributed by atoms with Crippen molar-refractivity contribution in [3.8, 4) is 5.95 Å². The predicted molar refractivity (Wildman–Crippen MR) is 148 cm³/mol. The van der Waals surface area contributed by atoms with Crippen molar-refractivity contribution >= 4 is 33.7 Å². The van der Waals surface area contributed by atoms with Crippen LogP contribution in [-0.2, 0) is 11.2 Å². The number of nitrogens with zero attached hydrogens (tertiary/aromatic N) is 6. The van der Waals surface area contributed by atoms with E-state index in [4.69, 9.17) is 9.72 Å². The molecule has 8 nitrogen and oxygen atoms in total. The molecule has 10 heteroatoms. The molecule has 6 rings (SSSR count). The first-order valence-electron chi connectivity index (χ1n) is 13.0. The Hall–Kier alpha value is -4.18. The van der Waals surface area contributed by atoms with Crippen molar-refractivity contribution in [3.05, 3.63) is 78.1 Å². The van der Waals surface area contributed by atoms with Gasteiger partial charge in [-0.15, -0.1) is 0 Å². The molecule has 1 aliphatic heterocycles. The van der Waals surface area contributed by atoms with E-state index >= 15 is 0 Å². The van der Waals surface area contributed by atoms with Gasteiger partial charge in [-0.1, -0.05) is 54.6 Å². The molecule has 0 unspecified atom stereocenters. The first-order valence-corrected chi connectivity index (χ1v) is 13.0. The van der Waals surface area contributed by atoms with E-state index in [0.29, 0.717) is 55.7 Å². The highest BCUT2D eigenvalue weighted by Crippen LogP contribution is 2.29. The number of rotatable bonds is 7. The smallest absolute Gasteiger partial charge is 0.296 e. The average molecular weight is 530 g/mol. The van der Waals surface area contributed by atoms with E-state index in [9.17, 15) is 8.78 Å². The van der Waals surface area contributed by atoms with Crippen molar-refractivity contribution in [1.29, 1.82) is 0 Å². The summed E-state index contributed by atoms with van der Waals surface area (Å²) in [6.07, 6.45) is -2.11. The third-order valence-electron chi connectivity index (χ3n) is 6.85. The fourth-order valence-electron chi connectivity index (χ4n) is 5.09. The number of alkyl halides is 2. The minimum Gasteiger partial charge on any atom is -0.378 e. The molecule has 0 bridgehead atoms. The fourth-order valence-corrected chi connectivity index (χ4v) is 5.09. The average Bonchev–Trinajstić information content (AvgIpc) is 3.33. The van der Waals surface area contributed by atoms with E-state index in [-0.39, 0.29) is 5.95 Å². The Morgan fingerprint density at radius 2 is 1.59 bits per heavy atom. The van der Waals surface area contributed by atoms with Crippen LogP contribution in [0.2, 0.25) is 0 Å². The van der Waals surface area contributed by atoms with Crippen LogP contribution in [0.3, 0.4) is 0 Å². The Labute approximate surface area is 224 Å². The number of ether oxygens (including phenoxy) is 1. The number of nitrogens with one attached hydrogen (secondary N) is 1. The highest BCUT2D eigenvalue weighted by molar-refractivity contribution is 5.85. The van der Waals surface area contributed by atoms with Crippen LogP contribution in [0.15, 0.2) is 66.7 Å². The summed E-state index contributed by atoms with van der Waals surface area (Å²) >= 11 is 0. The highest BCUT2D eigenvalue weighted by Gasteiger charge is 2.26. The Morgan fingerprint density at radius 1 is 0.872 bits per heavy atom. The molecule has 5 aromatic rings. The summed E-state index contributed by atoms with van der Waals surface area (Å²) in [5, 5.41) is 5.83. The van der Waals surface area contributed by atoms with Gasteiger partial charge in [0.15, 0.2) is 5.82 Å². The zero-order chi connectivity index (χ0) is 27.0. The van der Waals surface area contributed by atoms with Gasteiger partial charge in [0, 0.05) is 18.6 Å². The van der Waals surface area contributed by atoms with Crippen LogP contribution in [0.25, 0.3) is 27.8 Å². The maximum atomic E-state index is 14.2. The van der Waals surface area contributed by atoms with E-state index in [1.807, 2.05) is 17.0 Å². The first kappa shape index (κ1) is 25.1.